The third-order valence-corrected chi connectivity index (χ3v) is 4.85. The smallest absolute Gasteiger partial charge is 0.118 e. The Hall–Kier alpha value is -1.48. The van der Waals surface area contributed by atoms with Crippen LogP contribution in [0.15, 0.2) is 40.9 Å². The number of halogens is 1. The summed E-state index contributed by atoms with van der Waals surface area (Å²) >= 11 is 3.54. The second-order valence-electron chi connectivity index (χ2n) is 6.02. The predicted octanol–water partition coefficient (Wildman–Crippen LogP) is 5.13. The molecule has 1 saturated carbocycles. The molecule has 0 saturated heterocycles. The molecule has 2 aromatic rings. The van der Waals surface area contributed by atoms with E-state index >= 15 is 0 Å². The van der Waals surface area contributed by atoms with Crippen LogP contribution >= 0.6 is 15.9 Å². The van der Waals surface area contributed by atoms with E-state index in [1.807, 2.05) is 26.0 Å². The predicted molar refractivity (Wildman–Crippen MR) is 91.1 cm³/mol. The number of aryl methyl sites for hydroxylation is 2. The Bertz CT molecular complexity index is 662. The van der Waals surface area contributed by atoms with Crippen molar-refractivity contribution in [2.75, 3.05) is 5.32 Å². The van der Waals surface area contributed by atoms with Gasteiger partial charge in [0.05, 0.1) is 0 Å². The van der Waals surface area contributed by atoms with Gasteiger partial charge in [0, 0.05) is 16.2 Å². The van der Waals surface area contributed by atoms with E-state index in [9.17, 15) is 5.11 Å². The molecule has 21 heavy (non-hydrogen) atoms. The Morgan fingerprint density at radius 1 is 1.10 bits per heavy atom. The molecular formula is C18H20BrNO. The minimum Gasteiger partial charge on any atom is -0.508 e. The summed E-state index contributed by atoms with van der Waals surface area (Å²) < 4.78 is 1.15. The first-order chi connectivity index (χ1) is 10.0. The number of rotatable bonds is 3. The first kappa shape index (κ1) is 14.5. The number of anilines is 1. The Balaban J connectivity index is 1.64. The summed E-state index contributed by atoms with van der Waals surface area (Å²) in [4.78, 5) is 0. The van der Waals surface area contributed by atoms with Crippen LogP contribution in [-0.4, -0.2) is 11.1 Å². The maximum atomic E-state index is 9.71. The van der Waals surface area contributed by atoms with Gasteiger partial charge in [-0.25, -0.2) is 0 Å². The Kier molecular flexibility index (Phi) is 3.94. The molecule has 0 aromatic heterocycles. The molecule has 3 rings (SSSR count). The summed E-state index contributed by atoms with van der Waals surface area (Å²) in [5, 5.41) is 13.3. The fourth-order valence-corrected chi connectivity index (χ4v) is 3.36. The number of aromatic hydroxyl groups is 1. The first-order valence-electron chi connectivity index (χ1n) is 7.35. The van der Waals surface area contributed by atoms with Crippen molar-refractivity contribution >= 4 is 21.6 Å². The molecule has 0 radical (unpaired) electrons. The molecule has 0 amide bonds. The van der Waals surface area contributed by atoms with Crippen molar-refractivity contribution in [1.29, 1.82) is 0 Å². The fourth-order valence-electron chi connectivity index (χ4n) is 2.94. The van der Waals surface area contributed by atoms with Crippen molar-refractivity contribution in [1.82, 2.24) is 0 Å². The molecule has 2 nitrogen and oxygen atoms in total. The second kappa shape index (κ2) is 5.72. The molecule has 3 heteroatoms. The molecule has 2 aromatic carbocycles. The van der Waals surface area contributed by atoms with Crippen molar-refractivity contribution in [2.45, 2.75) is 38.6 Å². The SMILES string of the molecule is Cc1cc(NC2CC(c3cccc(Br)c3)C2)c(C)cc1O. The Morgan fingerprint density at radius 2 is 1.86 bits per heavy atom. The van der Waals surface area contributed by atoms with E-state index in [1.165, 1.54) is 5.56 Å². The zero-order chi connectivity index (χ0) is 15.0. The molecule has 0 bridgehead atoms. The normalized spacial score (nSPS) is 20.9. The number of phenols is 1. The lowest BCUT2D eigenvalue weighted by atomic mass is 9.76. The lowest BCUT2D eigenvalue weighted by molar-refractivity contribution is 0.374. The van der Waals surface area contributed by atoms with Gasteiger partial charge in [-0.2, -0.15) is 0 Å². The third kappa shape index (κ3) is 3.08. The molecule has 1 fully saturated rings. The van der Waals surface area contributed by atoms with Crippen molar-refractivity contribution in [3.05, 3.63) is 57.6 Å². The van der Waals surface area contributed by atoms with Gasteiger partial charge in [0.15, 0.2) is 0 Å². The average Bonchev–Trinajstić information content (AvgIpc) is 2.39. The van der Waals surface area contributed by atoms with E-state index in [0.29, 0.717) is 17.7 Å². The molecule has 0 spiro atoms. The van der Waals surface area contributed by atoms with E-state index in [-0.39, 0.29) is 0 Å². The number of hydrogen-bond acceptors (Lipinski definition) is 2. The van der Waals surface area contributed by atoms with Crippen LogP contribution in [0, 0.1) is 13.8 Å². The van der Waals surface area contributed by atoms with Crippen LogP contribution in [0.25, 0.3) is 0 Å². The molecule has 1 aliphatic rings. The van der Waals surface area contributed by atoms with Crippen molar-refractivity contribution in [2.24, 2.45) is 0 Å². The number of hydrogen-bond donors (Lipinski definition) is 2. The number of phenolic OH excluding ortho intramolecular Hbond substituents is 1. The summed E-state index contributed by atoms with van der Waals surface area (Å²) in [7, 11) is 0. The van der Waals surface area contributed by atoms with E-state index in [1.54, 1.807) is 0 Å². The lowest BCUT2D eigenvalue weighted by Gasteiger charge is -2.37. The summed E-state index contributed by atoms with van der Waals surface area (Å²) in [5.74, 6) is 1.03. The molecule has 0 heterocycles. The van der Waals surface area contributed by atoms with Gasteiger partial charge < -0.3 is 10.4 Å². The molecule has 0 aliphatic heterocycles. The minimum absolute atomic E-state index is 0.374. The van der Waals surface area contributed by atoms with Crippen molar-refractivity contribution in [3.63, 3.8) is 0 Å². The van der Waals surface area contributed by atoms with Crippen LogP contribution in [0.2, 0.25) is 0 Å². The highest BCUT2D eigenvalue weighted by molar-refractivity contribution is 9.10. The first-order valence-corrected chi connectivity index (χ1v) is 8.14. The molecule has 1 aliphatic carbocycles. The van der Waals surface area contributed by atoms with Gasteiger partial charge in [-0.3, -0.25) is 0 Å². The van der Waals surface area contributed by atoms with E-state index < -0.39 is 0 Å². The molecule has 110 valence electrons. The van der Waals surface area contributed by atoms with Gasteiger partial charge in [-0.1, -0.05) is 28.1 Å². The van der Waals surface area contributed by atoms with Gasteiger partial charge >= 0.3 is 0 Å². The second-order valence-corrected chi connectivity index (χ2v) is 6.93. The van der Waals surface area contributed by atoms with Gasteiger partial charge in [0.2, 0.25) is 0 Å². The quantitative estimate of drug-likeness (QED) is 0.755. The van der Waals surface area contributed by atoms with Crippen molar-refractivity contribution < 1.29 is 5.11 Å². The van der Waals surface area contributed by atoms with Gasteiger partial charge in [0.25, 0.3) is 0 Å². The van der Waals surface area contributed by atoms with Crippen LogP contribution in [0.4, 0.5) is 5.69 Å². The number of nitrogens with one attached hydrogen (secondary N) is 1. The largest absolute Gasteiger partial charge is 0.508 e. The monoisotopic (exact) mass is 345 g/mol. The molecule has 2 N–H and O–H groups in total. The fraction of sp³-hybridized carbons (Fsp3) is 0.333. The zero-order valence-electron chi connectivity index (χ0n) is 12.4. The van der Waals surface area contributed by atoms with Crippen LogP contribution in [0.1, 0.15) is 35.4 Å². The summed E-state index contributed by atoms with van der Waals surface area (Å²) in [6.07, 6.45) is 2.33. The summed E-state index contributed by atoms with van der Waals surface area (Å²) in [5.41, 5.74) is 4.58. The third-order valence-electron chi connectivity index (χ3n) is 4.36. The van der Waals surface area contributed by atoms with Crippen LogP contribution in [-0.2, 0) is 0 Å². The van der Waals surface area contributed by atoms with Gasteiger partial charge in [0.1, 0.15) is 5.75 Å². The highest BCUT2D eigenvalue weighted by atomic mass is 79.9. The van der Waals surface area contributed by atoms with E-state index in [4.69, 9.17) is 0 Å². The molecular weight excluding hydrogens is 326 g/mol. The molecule has 0 unspecified atom stereocenters. The van der Waals surface area contributed by atoms with Gasteiger partial charge in [-0.05, 0) is 73.6 Å². The zero-order valence-corrected chi connectivity index (χ0v) is 13.9. The average molecular weight is 346 g/mol. The minimum atomic E-state index is 0.374. The molecule has 0 atom stereocenters. The van der Waals surface area contributed by atoms with Crippen molar-refractivity contribution in [3.8, 4) is 5.75 Å². The number of benzene rings is 2. The Morgan fingerprint density at radius 3 is 2.57 bits per heavy atom. The lowest BCUT2D eigenvalue weighted by Crippen LogP contribution is -2.34. The van der Waals surface area contributed by atoms with Crippen LogP contribution < -0.4 is 5.32 Å². The van der Waals surface area contributed by atoms with E-state index in [2.05, 4.69) is 45.5 Å². The van der Waals surface area contributed by atoms with Gasteiger partial charge in [-0.15, -0.1) is 0 Å². The topological polar surface area (TPSA) is 32.3 Å². The standard InChI is InChI=1S/C18H20BrNO/c1-11-7-18(21)12(2)6-17(11)20-16-9-14(10-16)13-4-3-5-15(19)8-13/h3-8,14,16,20-21H,9-10H2,1-2H3. The highest BCUT2D eigenvalue weighted by Gasteiger charge is 2.30. The summed E-state index contributed by atoms with van der Waals surface area (Å²) in [6.45, 7) is 3.97. The maximum absolute atomic E-state index is 9.71. The van der Waals surface area contributed by atoms with Crippen LogP contribution in [0.3, 0.4) is 0 Å². The maximum Gasteiger partial charge on any atom is 0.118 e. The highest BCUT2D eigenvalue weighted by Crippen LogP contribution is 2.40. The Labute approximate surface area is 134 Å². The van der Waals surface area contributed by atoms with E-state index in [0.717, 1.165) is 34.1 Å². The van der Waals surface area contributed by atoms with Crippen LogP contribution in [0.5, 0.6) is 5.75 Å². The summed E-state index contributed by atoms with van der Waals surface area (Å²) in [6, 6.07) is 13.0.